The Morgan fingerprint density at radius 2 is 2.14 bits per heavy atom. The molecule has 0 aliphatic rings. The Bertz CT molecular complexity index is 386. The Balaban J connectivity index is 2.67. The highest BCUT2D eigenvalue weighted by Crippen LogP contribution is 2.17. The summed E-state index contributed by atoms with van der Waals surface area (Å²) in [7, 11) is 2.10. The van der Waals surface area contributed by atoms with Crippen LogP contribution in [-0.2, 0) is 11.4 Å². The van der Waals surface area contributed by atoms with Crippen LogP contribution in [0, 0.1) is 6.92 Å². The van der Waals surface area contributed by atoms with E-state index in [1.807, 2.05) is 19.2 Å². The number of hydrogen-bond donors (Lipinski definition) is 1. The van der Waals surface area contributed by atoms with Gasteiger partial charge in [0, 0.05) is 17.6 Å². The normalized spacial score (nSPS) is 14.4. The van der Waals surface area contributed by atoms with E-state index in [9.17, 15) is 4.55 Å². The van der Waals surface area contributed by atoms with Gasteiger partial charge in [-0.05, 0) is 51.5 Å². The molecule has 0 saturated carbocycles. The second kappa shape index (κ2) is 10.2. The van der Waals surface area contributed by atoms with Gasteiger partial charge in [0.15, 0.2) is 0 Å². The molecule has 5 heteroatoms. The van der Waals surface area contributed by atoms with E-state index in [4.69, 9.17) is 0 Å². The van der Waals surface area contributed by atoms with Crippen LogP contribution in [-0.4, -0.2) is 40.3 Å². The minimum absolute atomic E-state index is 0.0530. The Morgan fingerprint density at radius 3 is 2.71 bits per heavy atom. The van der Waals surface area contributed by atoms with Gasteiger partial charge < -0.3 is 9.45 Å². The zero-order valence-electron chi connectivity index (χ0n) is 13.8. The van der Waals surface area contributed by atoms with Gasteiger partial charge >= 0.3 is 0 Å². The van der Waals surface area contributed by atoms with Crippen LogP contribution < -0.4 is 4.72 Å². The lowest BCUT2D eigenvalue weighted by atomic mass is 10.1. The van der Waals surface area contributed by atoms with Crippen molar-refractivity contribution < 1.29 is 4.55 Å². The van der Waals surface area contributed by atoms with Gasteiger partial charge in [-0.2, -0.15) is 0 Å². The van der Waals surface area contributed by atoms with E-state index >= 15 is 0 Å². The van der Waals surface area contributed by atoms with Crippen LogP contribution in [0.5, 0.6) is 0 Å². The van der Waals surface area contributed by atoms with E-state index in [0.29, 0.717) is 5.75 Å². The summed E-state index contributed by atoms with van der Waals surface area (Å²) in [4.78, 5) is 6.76. The molecule has 0 aliphatic heterocycles. The van der Waals surface area contributed by atoms with Crippen molar-refractivity contribution in [3.8, 4) is 0 Å². The molecule has 1 aromatic rings. The zero-order valence-corrected chi connectivity index (χ0v) is 14.6. The first kappa shape index (κ1) is 18.4. The summed E-state index contributed by atoms with van der Waals surface area (Å²) in [6.07, 6.45) is 4.85. The van der Waals surface area contributed by atoms with Crippen LogP contribution in [0.3, 0.4) is 0 Å². The summed E-state index contributed by atoms with van der Waals surface area (Å²) in [6, 6.07) is 4.16. The topological polar surface area (TPSA) is 51.2 Å². The minimum atomic E-state index is -0.981. The van der Waals surface area contributed by atoms with Gasteiger partial charge in [-0.25, -0.2) is 0 Å². The van der Waals surface area contributed by atoms with Crippen LogP contribution >= 0.6 is 0 Å². The number of nitrogens with one attached hydrogen (secondary N) is 1. The summed E-state index contributed by atoms with van der Waals surface area (Å²) < 4.78 is 15.4. The number of rotatable bonds is 10. The lowest BCUT2D eigenvalue weighted by Crippen LogP contribution is -2.33. The number of hydrogen-bond acceptors (Lipinski definition) is 4. The van der Waals surface area contributed by atoms with Gasteiger partial charge in [-0.1, -0.05) is 26.3 Å². The van der Waals surface area contributed by atoms with Crippen molar-refractivity contribution in [2.45, 2.75) is 46.1 Å². The average Bonchev–Trinajstić information content (AvgIpc) is 2.49. The molecule has 0 amide bonds. The first-order valence-electron chi connectivity index (χ1n) is 7.82. The SMILES string of the molecule is CCCC[S+]([O-])NC(CCN(C)CC)c1ccc(C)cn1. The van der Waals surface area contributed by atoms with Gasteiger partial charge in [-0.3, -0.25) is 4.98 Å². The molecule has 0 aromatic carbocycles. The lowest BCUT2D eigenvalue weighted by Gasteiger charge is -2.22. The Kier molecular flexibility index (Phi) is 8.92. The van der Waals surface area contributed by atoms with Crippen LogP contribution in [0.1, 0.15) is 50.4 Å². The van der Waals surface area contributed by atoms with Crippen molar-refractivity contribution in [1.29, 1.82) is 0 Å². The van der Waals surface area contributed by atoms with Gasteiger partial charge in [0.2, 0.25) is 0 Å². The maximum Gasteiger partial charge on any atom is 0.125 e. The number of nitrogens with zero attached hydrogens (tertiary/aromatic N) is 2. The summed E-state index contributed by atoms with van der Waals surface area (Å²) in [5.41, 5.74) is 2.13. The molecule has 0 bridgehead atoms. The van der Waals surface area contributed by atoms with E-state index in [0.717, 1.165) is 43.6 Å². The maximum absolute atomic E-state index is 12.1. The fraction of sp³-hybridized carbons (Fsp3) is 0.688. The van der Waals surface area contributed by atoms with E-state index in [2.05, 4.69) is 41.6 Å². The molecule has 4 nitrogen and oxygen atoms in total. The van der Waals surface area contributed by atoms with E-state index in [-0.39, 0.29) is 6.04 Å². The fourth-order valence-electron chi connectivity index (χ4n) is 1.95. The Labute approximate surface area is 132 Å². The summed E-state index contributed by atoms with van der Waals surface area (Å²) >= 11 is -0.981. The molecule has 0 spiro atoms. The van der Waals surface area contributed by atoms with Crippen molar-refractivity contribution >= 4 is 11.4 Å². The average molecular weight is 311 g/mol. The molecule has 1 N–H and O–H groups in total. The molecule has 1 heterocycles. The van der Waals surface area contributed by atoms with E-state index in [1.165, 1.54) is 0 Å². The van der Waals surface area contributed by atoms with Crippen LogP contribution in [0.4, 0.5) is 0 Å². The molecule has 2 atom stereocenters. The molecule has 120 valence electrons. The largest absolute Gasteiger partial charge is 0.598 e. The monoisotopic (exact) mass is 311 g/mol. The summed E-state index contributed by atoms with van der Waals surface area (Å²) in [6.45, 7) is 8.28. The molecular formula is C16H29N3OS. The Morgan fingerprint density at radius 1 is 1.38 bits per heavy atom. The standard InChI is InChI=1S/C16H29N3OS/c1-5-7-12-21(20)18-16(10-11-19(4)6-2)15-9-8-14(3)13-17-15/h8-9,13,16,18H,5-7,10-12H2,1-4H3. The number of aryl methyl sites for hydroxylation is 1. The predicted molar refractivity (Wildman–Crippen MR) is 90.6 cm³/mol. The molecule has 0 radical (unpaired) electrons. The smallest absolute Gasteiger partial charge is 0.125 e. The summed E-state index contributed by atoms with van der Waals surface area (Å²) in [5.74, 6) is 0.711. The summed E-state index contributed by atoms with van der Waals surface area (Å²) in [5, 5.41) is 0. The van der Waals surface area contributed by atoms with Crippen molar-refractivity contribution in [2.75, 3.05) is 25.9 Å². The van der Waals surface area contributed by atoms with Gasteiger partial charge in [0.05, 0.1) is 11.7 Å². The first-order chi connectivity index (χ1) is 10.1. The molecule has 21 heavy (non-hydrogen) atoms. The molecule has 0 fully saturated rings. The van der Waals surface area contributed by atoms with Crippen molar-refractivity contribution in [3.05, 3.63) is 29.6 Å². The molecule has 0 saturated heterocycles. The van der Waals surface area contributed by atoms with Gasteiger partial charge in [0.1, 0.15) is 5.75 Å². The second-order valence-corrected chi connectivity index (χ2v) is 6.85. The highest BCUT2D eigenvalue weighted by Gasteiger charge is 2.19. The molecule has 2 unspecified atom stereocenters. The third-order valence-electron chi connectivity index (χ3n) is 3.59. The highest BCUT2D eigenvalue weighted by atomic mass is 32.2. The van der Waals surface area contributed by atoms with Crippen molar-refractivity contribution in [1.82, 2.24) is 14.6 Å². The quantitative estimate of drug-likeness (QED) is 0.675. The van der Waals surface area contributed by atoms with Gasteiger partial charge in [0.25, 0.3) is 0 Å². The Hall–Kier alpha value is -0.620. The van der Waals surface area contributed by atoms with Crippen molar-refractivity contribution in [3.63, 3.8) is 0 Å². The molecule has 1 aromatic heterocycles. The zero-order chi connectivity index (χ0) is 15.7. The predicted octanol–water partition coefficient (Wildman–Crippen LogP) is 2.83. The number of unbranched alkanes of at least 4 members (excludes halogenated alkanes) is 1. The maximum atomic E-state index is 12.1. The third kappa shape index (κ3) is 7.27. The van der Waals surface area contributed by atoms with E-state index in [1.54, 1.807) is 0 Å². The lowest BCUT2D eigenvalue weighted by molar-refractivity contribution is 0.329. The van der Waals surface area contributed by atoms with E-state index < -0.39 is 11.4 Å². The van der Waals surface area contributed by atoms with Crippen LogP contribution in [0.25, 0.3) is 0 Å². The first-order valence-corrected chi connectivity index (χ1v) is 9.14. The fourth-order valence-corrected chi connectivity index (χ4v) is 3.18. The van der Waals surface area contributed by atoms with Gasteiger partial charge in [-0.15, -0.1) is 4.72 Å². The highest BCUT2D eigenvalue weighted by molar-refractivity contribution is 7.89. The molecular weight excluding hydrogens is 282 g/mol. The minimum Gasteiger partial charge on any atom is -0.598 e. The van der Waals surface area contributed by atoms with Crippen LogP contribution in [0.15, 0.2) is 18.3 Å². The number of aromatic nitrogens is 1. The molecule has 0 aliphatic carbocycles. The second-order valence-electron chi connectivity index (χ2n) is 5.52. The third-order valence-corrected chi connectivity index (χ3v) is 4.79. The van der Waals surface area contributed by atoms with Crippen molar-refractivity contribution in [2.24, 2.45) is 0 Å². The van der Waals surface area contributed by atoms with Crippen LogP contribution in [0.2, 0.25) is 0 Å². The molecule has 1 rings (SSSR count). The number of pyridine rings is 1.